The van der Waals surface area contributed by atoms with E-state index in [9.17, 15) is 18.8 Å². The number of benzene rings is 2. The number of carbonyl (C=O) groups is 3. The number of ether oxygens (including phenoxy) is 2. The van der Waals surface area contributed by atoms with Crippen molar-refractivity contribution in [2.24, 2.45) is 0 Å². The highest BCUT2D eigenvalue weighted by molar-refractivity contribution is 5.98. The molecule has 2 aromatic heterocycles. The standard InChI is InChI=1S/C29H26FN3O5/c1-18-4-3-5-19(12-18)13-26(34)20-6-7-23(30)27(15-20)38-22-8-10-31-25(16-22)24-14-21(17-33-24)29(36)32-11-9-28(35)37-2/h3-8,10,12,14-17,33H,9,11,13H2,1-2H3,(H,32,36). The lowest BCUT2D eigenvalue weighted by Crippen LogP contribution is -2.25. The Balaban J connectivity index is 1.45. The molecule has 1 amide bonds. The highest BCUT2D eigenvalue weighted by atomic mass is 19.1. The minimum atomic E-state index is -0.610. The van der Waals surface area contributed by atoms with Gasteiger partial charge in [0.25, 0.3) is 5.91 Å². The first kappa shape index (κ1) is 26.3. The van der Waals surface area contributed by atoms with Crippen LogP contribution in [-0.4, -0.2) is 41.3 Å². The molecule has 0 aliphatic rings. The van der Waals surface area contributed by atoms with Crippen LogP contribution in [-0.2, 0) is 16.0 Å². The van der Waals surface area contributed by atoms with Crippen LogP contribution in [0.1, 0.15) is 38.3 Å². The predicted molar refractivity (Wildman–Crippen MR) is 139 cm³/mol. The van der Waals surface area contributed by atoms with Crippen molar-refractivity contribution in [3.05, 3.63) is 101 Å². The minimum absolute atomic E-state index is 0.0652. The van der Waals surface area contributed by atoms with Gasteiger partial charge in [0.15, 0.2) is 17.3 Å². The van der Waals surface area contributed by atoms with Crippen molar-refractivity contribution in [3.63, 3.8) is 0 Å². The number of pyridine rings is 1. The quantitative estimate of drug-likeness (QED) is 0.226. The monoisotopic (exact) mass is 515 g/mol. The summed E-state index contributed by atoms with van der Waals surface area (Å²) >= 11 is 0. The van der Waals surface area contributed by atoms with E-state index in [4.69, 9.17) is 4.74 Å². The lowest BCUT2D eigenvalue weighted by Gasteiger charge is -2.10. The number of nitrogens with zero attached hydrogens (tertiary/aromatic N) is 1. The van der Waals surface area contributed by atoms with Gasteiger partial charge in [0.2, 0.25) is 0 Å². The molecule has 0 aliphatic heterocycles. The van der Waals surface area contributed by atoms with Gasteiger partial charge in [-0.05, 0) is 42.8 Å². The Bertz CT molecular complexity index is 1480. The van der Waals surface area contributed by atoms with E-state index in [1.165, 1.54) is 37.7 Å². The second-order valence-corrected chi connectivity index (χ2v) is 8.60. The van der Waals surface area contributed by atoms with Gasteiger partial charge in [0.05, 0.1) is 30.5 Å². The molecule has 0 unspecified atom stereocenters. The van der Waals surface area contributed by atoms with Gasteiger partial charge in [-0.25, -0.2) is 4.39 Å². The van der Waals surface area contributed by atoms with Gasteiger partial charge in [0.1, 0.15) is 5.75 Å². The molecule has 38 heavy (non-hydrogen) atoms. The first-order chi connectivity index (χ1) is 18.3. The van der Waals surface area contributed by atoms with Crippen LogP contribution in [0.2, 0.25) is 0 Å². The van der Waals surface area contributed by atoms with Crippen LogP contribution in [0.25, 0.3) is 11.4 Å². The third-order valence-corrected chi connectivity index (χ3v) is 5.72. The number of nitrogens with one attached hydrogen (secondary N) is 2. The van der Waals surface area contributed by atoms with Crippen molar-refractivity contribution in [1.82, 2.24) is 15.3 Å². The Labute approximate surface area is 218 Å². The smallest absolute Gasteiger partial charge is 0.307 e. The number of aryl methyl sites for hydroxylation is 1. The second-order valence-electron chi connectivity index (χ2n) is 8.60. The molecule has 9 heteroatoms. The number of carbonyl (C=O) groups excluding carboxylic acids is 3. The Morgan fingerprint density at radius 1 is 1.03 bits per heavy atom. The number of halogens is 1. The highest BCUT2D eigenvalue weighted by Gasteiger charge is 2.15. The Morgan fingerprint density at radius 3 is 2.66 bits per heavy atom. The molecule has 0 saturated carbocycles. The number of aromatic nitrogens is 2. The number of aromatic amines is 1. The van der Waals surface area contributed by atoms with Crippen LogP contribution in [0.5, 0.6) is 11.5 Å². The maximum atomic E-state index is 14.6. The zero-order valence-electron chi connectivity index (χ0n) is 20.9. The summed E-state index contributed by atoms with van der Waals surface area (Å²) in [5.74, 6) is -1.33. The summed E-state index contributed by atoms with van der Waals surface area (Å²) in [5, 5.41) is 2.64. The van der Waals surface area contributed by atoms with Crippen LogP contribution >= 0.6 is 0 Å². The highest BCUT2D eigenvalue weighted by Crippen LogP contribution is 2.28. The molecule has 4 rings (SSSR count). The molecule has 2 N–H and O–H groups in total. The number of H-pyrrole nitrogens is 1. The number of amides is 1. The zero-order valence-corrected chi connectivity index (χ0v) is 20.9. The average Bonchev–Trinajstić information content (AvgIpc) is 3.40. The number of hydrogen-bond donors (Lipinski definition) is 2. The molecular formula is C29H26FN3O5. The van der Waals surface area contributed by atoms with Gasteiger partial charge in [0, 0.05) is 37.0 Å². The van der Waals surface area contributed by atoms with Crippen LogP contribution in [0.15, 0.2) is 73.1 Å². The molecule has 0 spiro atoms. The van der Waals surface area contributed by atoms with Crippen molar-refractivity contribution in [2.45, 2.75) is 19.8 Å². The fraction of sp³-hybridized carbons (Fsp3) is 0.172. The lowest BCUT2D eigenvalue weighted by molar-refractivity contribution is -0.140. The van der Waals surface area contributed by atoms with Crippen molar-refractivity contribution >= 4 is 17.7 Å². The summed E-state index contributed by atoms with van der Waals surface area (Å²) in [6.07, 6.45) is 3.26. The maximum absolute atomic E-state index is 14.6. The van der Waals surface area contributed by atoms with E-state index in [0.717, 1.165) is 11.1 Å². The van der Waals surface area contributed by atoms with E-state index in [0.29, 0.717) is 28.3 Å². The second kappa shape index (κ2) is 12.0. The molecule has 0 fully saturated rings. The molecule has 0 atom stereocenters. The number of rotatable bonds is 10. The van der Waals surface area contributed by atoms with Gasteiger partial charge in [-0.3, -0.25) is 19.4 Å². The molecule has 0 aliphatic carbocycles. The Kier molecular flexibility index (Phi) is 8.27. The summed E-state index contributed by atoms with van der Waals surface area (Å²) in [6.45, 7) is 2.10. The number of Topliss-reactive ketones (excluding diaryl/α,β-unsaturated/α-hetero) is 1. The normalized spacial score (nSPS) is 10.6. The molecule has 2 aromatic carbocycles. The molecule has 0 saturated heterocycles. The first-order valence-corrected chi connectivity index (χ1v) is 11.9. The topological polar surface area (TPSA) is 110 Å². The summed E-state index contributed by atoms with van der Waals surface area (Å²) in [5.41, 5.74) is 3.62. The fourth-order valence-corrected chi connectivity index (χ4v) is 3.77. The van der Waals surface area contributed by atoms with Crippen LogP contribution in [0.3, 0.4) is 0 Å². The number of hydrogen-bond acceptors (Lipinski definition) is 6. The summed E-state index contributed by atoms with van der Waals surface area (Å²) < 4.78 is 24.9. The average molecular weight is 516 g/mol. The maximum Gasteiger partial charge on any atom is 0.307 e. The molecule has 2 heterocycles. The predicted octanol–water partition coefficient (Wildman–Crippen LogP) is 5.03. The first-order valence-electron chi connectivity index (χ1n) is 11.9. The molecule has 0 bridgehead atoms. The molecule has 8 nitrogen and oxygen atoms in total. The zero-order chi connectivity index (χ0) is 27.1. The Morgan fingerprint density at radius 2 is 1.87 bits per heavy atom. The minimum Gasteiger partial charge on any atom is -0.469 e. The third kappa shape index (κ3) is 6.70. The lowest BCUT2D eigenvalue weighted by atomic mass is 10.0. The van der Waals surface area contributed by atoms with Gasteiger partial charge in [-0.15, -0.1) is 0 Å². The summed E-state index contributed by atoms with van der Waals surface area (Å²) in [7, 11) is 1.28. The van der Waals surface area contributed by atoms with Crippen molar-refractivity contribution < 1.29 is 28.2 Å². The van der Waals surface area contributed by atoms with Crippen LogP contribution in [0.4, 0.5) is 4.39 Å². The summed E-state index contributed by atoms with van der Waals surface area (Å²) in [4.78, 5) is 43.6. The van der Waals surface area contributed by atoms with Crippen molar-refractivity contribution in [2.75, 3.05) is 13.7 Å². The van der Waals surface area contributed by atoms with E-state index in [1.54, 1.807) is 18.2 Å². The van der Waals surface area contributed by atoms with Crippen LogP contribution in [0, 0.1) is 12.7 Å². The van der Waals surface area contributed by atoms with Gasteiger partial charge >= 0.3 is 5.97 Å². The third-order valence-electron chi connectivity index (χ3n) is 5.72. The Hall–Kier alpha value is -4.79. The van der Waals surface area contributed by atoms with E-state index in [2.05, 4.69) is 20.0 Å². The molecule has 4 aromatic rings. The van der Waals surface area contributed by atoms with Crippen molar-refractivity contribution in [3.8, 4) is 22.9 Å². The number of methoxy groups -OCH3 is 1. The SMILES string of the molecule is COC(=O)CCNC(=O)c1c[nH]c(-c2cc(Oc3cc(C(=O)Cc4cccc(C)c4)ccc3F)ccn2)c1. The fourth-order valence-electron chi connectivity index (χ4n) is 3.77. The van der Waals surface area contributed by atoms with Crippen molar-refractivity contribution in [1.29, 1.82) is 0 Å². The van der Waals surface area contributed by atoms with E-state index >= 15 is 0 Å². The van der Waals surface area contributed by atoms with Crippen LogP contribution < -0.4 is 10.1 Å². The van der Waals surface area contributed by atoms with E-state index in [1.807, 2.05) is 31.2 Å². The van der Waals surface area contributed by atoms with Gasteiger partial charge in [-0.1, -0.05) is 29.8 Å². The molecular weight excluding hydrogens is 489 g/mol. The van der Waals surface area contributed by atoms with E-state index in [-0.39, 0.29) is 36.8 Å². The molecule has 194 valence electrons. The van der Waals surface area contributed by atoms with Gasteiger partial charge < -0.3 is 19.8 Å². The van der Waals surface area contributed by atoms with Gasteiger partial charge in [-0.2, -0.15) is 0 Å². The summed E-state index contributed by atoms with van der Waals surface area (Å²) in [6, 6.07) is 16.5. The number of ketones is 1. The largest absolute Gasteiger partial charge is 0.469 e. The molecule has 0 radical (unpaired) electrons. The number of esters is 1. The van der Waals surface area contributed by atoms with E-state index < -0.39 is 11.8 Å².